The zero-order valence-electron chi connectivity index (χ0n) is 16.9. The van der Waals surface area contributed by atoms with Gasteiger partial charge in [-0.15, -0.1) is 6.58 Å². The Balaban J connectivity index is 1.92. The predicted octanol–water partition coefficient (Wildman–Crippen LogP) is 2.61. The van der Waals surface area contributed by atoms with Crippen LogP contribution in [-0.2, 0) is 14.6 Å². The molecule has 3 rings (SSSR count). The molecule has 156 valence electrons. The number of likely N-dealkylation sites (N-methyl/N-ethyl adjacent to an activating group) is 1. The molecule has 29 heavy (non-hydrogen) atoms. The van der Waals surface area contributed by atoms with Gasteiger partial charge in [0.2, 0.25) is 5.91 Å². The number of piperazine rings is 1. The number of aromatic nitrogens is 1. The van der Waals surface area contributed by atoms with Crippen molar-refractivity contribution in [3.05, 3.63) is 42.6 Å². The monoisotopic (exact) mass is 434 g/mol. The third kappa shape index (κ3) is 4.75. The minimum atomic E-state index is -3.62. The molecule has 0 bridgehead atoms. The third-order valence-electron chi connectivity index (χ3n) is 4.92. The molecule has 1 unspecified atom stereocenters. The van der Waals surface area contributed by atoms with Gasteiger partial charge >= 0.3 is 0 Å². The Labute approximate surface area is 176 Å². The summed E-state index contributed by atoms with van der Waals surface area (Å²) in [7, 11) is -1.59. The Morgan fingerprint density at radius 3 is 2.62 bits per heavy atom. The maximum Gasteiger partial charge on any atom is 0.223 e. The van der Waals surface area contributed by atoms with Gasteiger partial charge in [-0.2, -0.15) is 0 Å². The van der Waals surface area contributed by atoms with Gasteiger partial charge in [0.05, 0.1) is 15.5 Å². The Kier molecular flexibility index (Phi) is 6.52. The number of carbonyl (C=O) groups is 1. The van der Waals surface area contributed by atoms with E-state index in [0.717, 1.165) is 29.2 Å². The molecule has 7 nitrogen and oxygen atoms in total. The van der Waals surface area contributed by atoms with Crippen LogP contribution in [0.3, 0.4) is 0 Å². The van der Waals surface area contributed by atoms with E-state index in [0.29, 0.717) is 18.2 Å². The minimum Gasteiger partial charge on any atom is -0.304 e. The summed E-state index contributed by atoms with van der Waals surface area (Å²) in [4.78, 5) is 20.9. The molecule has 1 atom stereocenters. The number of nitrogens with one attached hydrogen (secondary N) is 1. The fraction of sp³-hybridized carbons (Fsp3) is 0.400. The van der Waals surface area contributed by atoms with E-state index in [1.54, 1.807) is 18.2 Å². The maximum atomic E-state index is 13.4. The third-order valence-corrected chi connectivity index (χ3v) is 8.08. The highest BCUT2D eigenvalue weighted by molar-refractivity contribution is 7.92. The summed E-state index contributed by atoms with van der Waals surface area (Å²) in [6.45, 7) is 10.1. The summed E-state index contributed by atoms with van der Waals surface area (Å²) < 4.78 is 26.7. The molecule has 2 heterocycles. The van der Waals surface area contributed by atoms with Crippen molar-refractivity contribution in [2.24, 2.45) is 0 Å². The van der Waals surface area contributed by atoms with Gasteiger partial charge in [0.1, 0.15) is 5.37 Å². The molecule has 1 aliphatic heterocycles. The Bertz CT molecular complexity index is 1010. The lowest BCUT2D eigenvalue weighted by molar-refractivity contribution is -0.114. The van der Waals surface area contributed by atoms with E-state index in [2.05, 4.69) is 21.8 Å². The first-order valence-corrected chi connectivity index (χ1v) is 11.7. The molecule has 9 heteroatoms. The summed E-state index contributed by atoms with van der Waals surface area (Å²) in [5, 5.41) is 2.42. The molecule has 0 saturated carbocycles. The number of amides is 1. The van der Waals surface area contributed by atoms with E-state index >= 15 is 0 Å². The molecule has 1 aromatic heterocycles. The number of nitrogens with zero attached hydrogens (tertiary/aromatic N) is 3. The van der Waals surface area contributed by atoms with Crippen molar-refractivity contribution in [2.75, 3.05) is 38.5 Å². The van der Waals surface area contributed by atoms with Gasteiger partial charge in [-0.1, -0.05) is 29.5 Å². The van der Waals surface area contributed by atoms with Crippen LogP contribution in [0.2, 0.25) is 0 Å². The number of anilines is 1. The molecule has 1 amide bonds. The van der Waals surface area contributed by atoms with E-state index in [1.807, 2.05) is 24.9 Å². The highest BCUT2D eigenvalue weighted by Crippen LogP contribution is 2.34. The van der Waals surface area contributed by atoms with Crippen molar-refractivity contribution in [3.8, 4) is 10.4 Å². The van der Waals surface area contributed by atoms with Crippen LogP contribution in [0.1, 0.15) is 12.6 Å². The maximum absolute atomic E-state index is 13.4. The summed E-state index contributed by atoms with van der Waals surface area (Å²) in [6, 6.07) is 6.90. The molecule has 0 spiro atoms. The first-order valence-electron chi connectivity index (χ1n) is 9.37. The highest BCUT2D eigenvalue weighted by atomic mass is 32.2. The smallest absolute Gasteiger partial charge is 0.223 e. The van der Waals surface area contributed by atoms with Crippen molar-refractivity contribution in [1.82, 2.24) is 14.8 Å². The summed E-state index contributed by atoms with van der Waals surface area (Å²) in [6.07, 6.45) is 1.51. The minimum absolute atomic E-state index is 0.192. The van der Waals surface area contributed by atoms with Crippen LogP contribution in [0.25, 0.3) is 10.4 Å². The van der Waals surface area contributed by atoms with Crippen LogP contribution in [0.4, 0.5) is 5.13 Å². The molecule has 2 aromatic rings. The lowest BCUT2D eigenvalue weighted by Gasteiger charge is -2.36. The fourth-order valence-corrected chi connectivity index (χ4v) is 6.07. The van der Waals surface area contributed by atoms with Crippen LogP contribution in [0.15, 0.2) is 41.8 Å². The Morgan fingerprint density at radius 1 is 1.31 bits per heavy atom. The molecule has 1 aromatic carbocycles. The van der Waals surface area contributed by atoms with E-state index in [9.17, 15) is 13.2 Å². The lowest BCUT2D eigenvalue weighted by Crippen LogP contribution is -2.50. The summed E-state index contributed by atoms with van der Waals surface area (Å²) in [5.74, 6) is -0.192. The van der Waals surface area contributed by atoms with Gasteiger partial charge in [-0.25, -0.2) is 13.4 Å². The quantitative estimate of drug-likeness (QED) is 0.704. The number of rotatable bonds is 6. The van der Waals surface area contributed by atoms with Crippen molar-refractivity contribution >= 4 is 32.2 Å². The highest BCUT2D eigenvalue weighted by Gasteiger charge is 2.32. The average molecular weight is 435 g/mol. The van der Waals surface area contributed by atoms with Crippen molar-refractivity contribution in [1.29, 1.82) is 0 Å². The summed E-state index contributed by atoms with van der Waals surface area (Å²) >= 11 is 1.33. The molecule has 0 radical (unpaired) electrons. The van der Waals surface area contributed by atoms with Crippen LogP contribution >= 0.6 is 11.3 Å². The second-order valence-corrected chi connectivity index (χ2v) is 10.2. The number of aryl methyl sites for hydroxylation is 1. The summed E-state index contributed by atoms with van der Waals surface area (Å²) in [5.41, 5.74) is 1.51. The molecule has 1 fully saturated rings. The Morgan fingerprint density at radius 2 is 2.00 bits per heavy atom. The normalized spacial score (nSPS) is 17.1. The molecule has 0 aliphatic carbocycles. The van der Waals surface area contributed by atoms with E-state index in [1.165, 1.54) is 24.3 Å². The van der Waals surface area contributed by atoms with Gasteiger partial charge in [0.25, 0.3) is 0 Å². The second-order valence-electron chi connectivity index (χ2n) is 7.15. The molecule has 1 N–H and O–H groups in total. The number of benzene rings is 1. The van der Waals surface area contributed by atoms with Gasteiger partial charge in [0.15, 0.2) is 15.0 Å². The number of hydrogen-bond donors (Lipinski definition) is 1. The van der Waals surface area contributed by atoms with Crippen molar-refractivity contribution in [2.45, 2.75) is 24.1 Å². The SMILES string of the molecule is C=CC(N1CCN(C)CC1)S(=O)(=O)c1cccc(-c2sc(NC(C)=O)nc2C)c1. The van der Waals surface area contributed by atoms with Gasteiger partial charge in [0, 0.05) is 33.1 Å². The fourth-order valence-electron chi connectivity index (χ4n) is 3.37. The van der Waals surface area contributed by atoms with Gasteiger partial charge in [-0.05, 0) is 31.7 Å². The first kappa shape index (κ1) is 21.6. The van der Waals surface area contributed by atoms with Crippen LogP contribution in [0.5, 0.6) is 0 Å². The predicted molar refractivity (Wildman–Crippen MR) is 117 cm³/mol. The van der Waals surface area contributed by atoms with E-state index in [-0.39, 0.29) is 10.8 Å². The zero-order valence-corrected chi connectivity index (χ0v) is 18.5. The molecule has 1 aliphatic rings. The zero-order chi connectivity index (χ0) is 21.2. The second kappa shape index (κ2) is 8.74. The Hall–Kier alpha value is -2.07. The van der Waals surface area contributed by atoms with Gasteiger partial charge in [-0.3, -0.25) is 9.69 Å². The number of hydrogen-bond acceptors (Lipinski definition) is 7. The van der Waals surface area contributed by atoms with Crippen molar-refractivity contribution in [3.63, 3.8) is 0 Å². The topological polar surface area (TPSA) is 82.6 Å². The molecule has 1 saturated heterocycles. The lowest BCUT2D eigenvalue weighted by atomic mass is 10.2. The first-order chi connectivity index (χ1) is 13.7. The van der Waals surface area contributed by atoms with E-state index in [4.69, 9.17) is 0 Å². The average Bonchev–Trinajstić information content (AvgIpc) is 3.03. The van der Waals surface area contributed by atoms with Crippen LogP contribution in [-0.4, -0.2) is 67.7 Å². The van der Waals surface area contributed by atoms with Crippen LogP contribution in [0, 0.1) is 6.92 Å². The van der Waals surface area contributed by atoms with E-state index < -0.39 is 15.2 Å². The molecular formula is C20H26N4O3S2. The number of carbonyl (C=O) groups excluding carboxylic acids is 1. The van der Waals surface area contributed by atoms with Crippen molar-refractivity contribution < 1.29 is 13.2 Å². The molecular weight excluding hydrogens is 408 g/mol. The number of thiazole rings is 1. The van der Waals surface area contributed by atoms with Crippen LogP contribution < -0.4 is 5.32 Å². The largest absolute Gasteiger partial charge is 0.304 e. The standard InChI is InChI=1S/C20H26N4O3S2/c1-5-18(24-11-9-23(4)10-12-24)29(26,27)17-8-6-7-16(13-17)19-14(2)21-20(28-19)22-15(3)25/h5-8,13,18H,1,9-12H2,2-4H3,(H,21,22,25). The number of sulfone groups is 1. The van der Waals surface area contributed by atoms with Gasteiger partial charge < -0.3 is 10.2 Å².